The summed E-state index contributed by atoms with van der Waals surface area (Å²) in [5.41, 5.74) is 0. The van der Waals surface area contributed by atoms with Crippen molar-refractivity contribution >= 4 is 5.91 Å². The number of nitriles is 1. The van der Waals surface area contributed by atoms with Crippen molar-refractivity contribution in [3.8, 4) is 6.07 Å². The normalized spacial score (nSPS) is 29.3. The fraction of sp³-hybridized carbons (Fsp3) is 0.875. The molecule has 2 fully saturated rings. The molecule has 0 spiro atoms. The smallest absolute Gasteiger partial charge is 0.235 e. The van der Waals surface area contributed by atoms with Gasteiger partial charge in [0.15, 0.2) is 0 Å². The van der Waals surface area contributed by atoms with Crippen LogP contribution in [-0.2, 0) is 9.53 Å². The summed E-state index contributed by atoms with van der Waals surface area (Å²) in [6.07, 6.45) is 7.31. The summed E-state index contributed by atoms with van der Waals surface area (Å²) in [6, 6.07) is 2.44. The number of nitrogens with one attached hydrogen (secondary N) is 1. The van der Waals surface area contributed by atoms with Crippen LogP contribution in [0.2, 0.25) is 0 Å². The molecule has 5 heteroatoms. The van der Waals surface area contributed by atoms with Gasteiger partial charge in [-0.2, -0.15) is 5.26 Å². The first-order chi connectivity index (χ1) is 10.2. The summed E-state index contributed by atoms with van der Waals surface area (Å²) in [4.78, 5) is 14.2. The SMILES string of the molecule is CC1CCC(N(CC(=O)NCC#N)C[C@H]2CCCO2)CC1. The molecule has 0 unspecified atom stereocenters. The van der Waals surface area contributed by atoms with Crippen LogP contribution in [0.25, 0.3) is 0 Å². The minimum absolute atomic E-state index is 0.0480. The highest BCUT2D eigenvalue weighted by molar-refractivity contribution is 5.78. The molecule has 1 saturated heterocycles. The summed E-state index contributed by atoms with van der Waals surface area (Å²) in [6.45, 7) is 4.48. The van der Waals surface area contributed by atoms with Gasteiger partial charge in [-0.1, -0.05) is 6.92 Å². The number of hydrogen-bond acceptors (Lipinski definition) is 4. The molecule has 1 N–H and O–H groups in total. The van der Waals surface area contributed by atoms with E-state index >= 15 is 0 Å². The lowest BCUT2D eigenvalue weighted by molar-refractivity contribution is -0.123. The Morgan fingerprint density at radius 2 is 2.10 bits per heavy atom. The van der Waals surface area contributed by atoms with Crippen molar-refractivity contribution in [1.29, 1.82) is 5.26 Å². The number of hydrogen-bond donors (Lipinski definition) is 1. The minimum Gasteiger partial charge on any atom is -0.377 e. The van der Waals surface area contributed by atoms with Crippen LogP contribution >= 0.6 is 0 Å². The Labute approximate surface area is 127 Å². The lowest BCUT2D eigenvalue weighted by Crippen LogP contribution is -2.47. The third-order valence-corrected chi connectivity index (χ3v) is 4.68. The fourth-order valence-electron chi connectivity index (χ4n) is 3.38. The molecule has 5 nitrogen and oxygen atoms in total. The quantitative estimate of drug-likeness (QED) is 0.757. The summed E-state index contributed by atoms with van der Waals surface area (Å²) in [5.74, 6) is 0.756. The maximum atomic E-state index is 11.9. The van der Waals surface area contributed by atoms with Gasteiger partial charge in [0.1, 0.15) is 6.54 Å². The second kappa shape index (κ2) is 8.35. The zero-order chi connectivity index (χ0) is 15.1. The van der Waals surface area contributed by atoms with Gasteiger partial charge in [-0.15, -0.1) is 0 Å². The molecule has 0 aromatic heterocycles. The van der Waals surface area contributed by atoms with E-state index in [0.717, 1.165) is 31.9 Å². The predicted molar refractivity (Wildman–Crippen MR) is 80.6 cm³/mol. The van der Waals surface area contributed by atoms with Crippen LogP contribution in [0.5, 0.6) is 0 Å². The van der Waals surface area contributed by atoms with Crippen molar-refractivity contribution in [3.05, 3.63) is 0 Å². The molecule has 118 valence electrons. The van der Waals surface area contributed by atoms with E-state index in [9.17, 15) is 4.79 Å². The highest BCUT2D eigenvalue weighted by atomic mass is 16.5. The molecule has 2 aliphatic rings. The van der Waals surface area contributed by atoms with E-state index in [4.69, 9.17) is 10.00 Å². The van der Waals surface area contributed by atoms with E-state index in [-0.39, 0.29) is 18.6 Å². The van der Waals surface area contributed by atoms with E-state index < -0.39 is 0 Å². The molecular weight excluding hydrogens is 266 g/mol. The highest BCUT2D eigenvalue weighted by Crippen LogP contribution is 2.28. The van der Waals surface area contributed by atoms with Crippen LogP contribution in [0.1, 0.15) is 45.4 Å². The summed E-state index contributed by atoms with van der Waals surface area (Å²) in [5, 5.41) is 11.2. The first-order valence-electron chi connectivity index (χ1n) is 8.18. The average molecular weight is 293 g/mol. The molecule has 1 saturated carbocycles. The Hall–Kier alpha value is -1.12. The van der Waals surface area contributed by atoms with Gasteiger partial charge in [0.05, 0.1) is 18.7 Å². The van der Waals surface area contributed by atoms with E-state index in [1.165, 1.54) is 25.7 Å². The van der Waals surface area contributed by atoms with Gasteiger partial charge in [0.2, 0.25) is 5.91 Å². The van der Waals surface area contributed by atoms with Crippen LogP contribution in [0.15, 0.2) is 0 Å². The molecule has 2 rings (SSSR count). The maximum Gasteiger partial charge on any atom is 0.235 e. The largest absolute Gasteiger partial charge is 0.377 e. The lowest BCUT2D eigenvalue weighted by atomic mass is 9.86. The van der Waals surface area contributed by atoms with Gasteiger partial charge in [0, 0.05) is 19.2 Å². The Morgan fingerprint density at radius 3 is 2.71 bits per heavy atom. The third kappa shape index (κ3) is 5.29. The zero-order valence-corrected chi connectivity index (χ0v) is 13.0. The highest BCUT2D eigenvalue weighted by Gasteiger charge is 2.28. The monoisotopic (exact) mass is 293 g/mol. The van der Waals surface area contributed by atoms with Crippen molar-refractivity contribution in [2.24, 2.45) is 5.92 Å². The van der Waals surface area contributed by atoms with Crippen LogP contribution in [0, 0.1) is 17.2 Å². The lowest BCUT2D eigenvalue weighted by Gasteiger charge is -2.36. The molecule has 0 aromatic rings. The topological polar surface area (TPSA) is 65.4 Å². The van der Waals surface area contributed by atoms with Crippen LogP contribution in [0.3, 0.4) is 0 Å². The molecular formula is C16H27N3O2. The van der Waals surface area contributed by atoms with Crippen LogP contribution in [0.4, 0.5) is 0 Å². The van der Waals surface area contributed by atoms with Gasteiger partial charge in [-0.25, -0.2) is 0 Å². The fourth-order valence-corrected chi connectivity index (χ4v) is 3.38. The second-order valence-electron chi connectivity index (χ2n) is 6.41. The molecule has 1 amide bonds. The molecule has 1 atom stereocenters. The Morgan fingerprint density at radius 1 is 1.33 bits per heavy atom. The first-order valence-corrected chi connectivity index (χ1v) is 8.18. The molecule has 21 heavy (non-hydrogen) atoms. The van der Waals surface area contributed by atoms with Gasteiger partial charge in [-0.05, 0) is 44.4 Å². The van der Waals surface area contributed by atoms with Crippen molar-refractivity contribution < 1.29 is 9.53 Å². The number of carbonyl (C=O) groups excluding carboxylic acids is 1. The molecule has 0 bridgehead atoms. The molecule has 0 radical (unpaired) electrons. The molecule has 1 heterocycles. The number of carbonyl (C=O) groups is 1. The Bertz CT molecular complexity index is 366. The van der Waals surface area contributed by atoms with Crippen LogP contribution in [-0.4, -0.2) is 49.2 Å². The van der Waals surface area contributed by atoms with Gasteiger partial charge in [-0.3, -0.25) is 9.69 Å². The predicted octanol–water partition coefficient (Wildman–Crippen LogP) is 1.69. The van der Waals surface area contributed by atoms with Gasteiger partial charge >= 0.3 is 0 Å². The maximum absolute atomic E-state index is 11.9. The molecule has 0 aromatic carbocycles. The summed E-state index contributed by atoms with van der Waals surface area (Å²) < 4.78 is 5.73. The van der Waals surface area contributed by atoms with E-state index in [1.54, 1.807) is 0 Å². The number of amides is 1. The third-order valence-electron chi connectivity index (χ3n) is 4.68. The van der Waals surface area contributed by atoms with Crippen molar-refractivity contribution in [3.63, 3.8) is 0 Å². The second-order valence-corrected chi connectivity index (χ2v) is 6.41. The summed E-state index contributed by atoms with van der Waals surface area (Å²) in [7, 11) is 0. The van der Waals surface area contributed by atoms with Crippen molar-refractivity contribution in [2.75, 3.05) is 26.2 Å². The Kier molecular flexibility index (Phi) is 6.47. The van der Waals surface area contributed by atoms with E-state index in [1.807, 2.05) is 6.07 Å². The zero-order valence-electron chi connectivity index (χ0n) is 13.0. The number of nitrogens with zero attached hydrogens (tertiary/aromatic N) is 2. The Balaban J connectivity index is 1.89. The standard InChI is InChI=1S/C16H27N3O2/c1-13-4-6-14(7-5-13)19(11-15-3-2-10-21-15)12-16(20)18-9-8-17/h13-15H,2-7,9-12H2,1H3,(H,18,20)/t13?,14?,15-/m1/s1. The molecule has 1 aliphatic heterocycles. The number of ether oxygens (including phenoxy) is 1. The van der Waals surface area contributed by atoms with Crippen molar-refractivity contribution in [1.82, 2.24) is 10.2 Å². The average Bonchev–Trinajstić information content (AvgIpc) is 2.98. The first kappa shape index (κ1) is 16.3. The number of rotatable bonds is 6. The van der Waals surface area contributed by atoms with Crippen molar-refractivity contribution in [2.45, 2.75) is 57.6 Å². The molecule has 1 aliphatic carbocycles. The van der Waals surface area contributed by atoms with E-state index in [2.05, 4.69) is 17.1 Å². The van der Waals surface area contributed by atoms with Crippen LogP contribution < -0.4 is 5.32 Å². The van der Waals surface area contributed by atoms with Gasteiger partial charge < -0.3 is 10.1 Å². The summed E-state index contributed by atoms with van der Waals surface area (Å²) >= 11 is 0. The minimum atomic E-state index is -0.0480. The van der Waals surface area contributed by atoms with Gasteiger partial charge in [0.25, 0.3) is 0 Å². The van der Waals surface area contributed by atoms with E-state index in [0.29, 0.717) is 12.6 Å².